The van der Waals surface area contributed by atoms with Gasteiger partial charge in [-0.2, -0.15) is 0 Å². The Bertz CT molecular complexity index is 703. The molecule has 1 amide bonds. The SMILES string of the molecule is CCNC(=NCc1cccc(C(=O)NCC2CCCO2)c1)NCC1CCCN1CC. The molecular formula is C23H37N5O2. The summed E-state index contributed by atoms with van der Waals surface area (Å²) in [7, 11) is 0. The molecule has 2 aliphatic heterocycles. The number of nitrogens with one attached hydrogen (secondary N) is 3. The Morgan fingerprint density at radius 1 is 1.17 bits per heavy atom. The van der Waals surface area contributed by atoms with Crippen molar-refractivity contribution in [1.29, 1.82) is 0 Å². The van der Waals surface area contributed by atoms with Crippen LogP contribution in [0, 0.1) is 0 Å². The van der Waals surface area contributed by atoms with Gasteiger partial charge >= 0.3 is 0 Å². The fourth-order valence-electron chi connectivity index (χ4n) is 4.19. The molecule has 7 heteroatoms. The predicted octanol–water partition coefficient (Wildman–Crippen LogP) is 2.13. The Kier molecular flexibility index (Phi) is 8.96. The number of rotatable bonds is 9. The second kappa shape index (κ2) is 11.9. The number of benzene rings is 1. The molecule has 0 saturated carbocycles. The molecule has 3 N–H and O–H groups in total. The molecule has 0 radical (unpaired) electrons. The smallest absolute Gasteiger partial charge is 0.251 e. The normalized spacial score (nSPS) is 22.3. The minimum atomic E-state index is -0.0535. The van der Waals surface area contributed by atoms with Crippen LogP contribution in [0.3, 0.4) is 0 Å². The topological polar surface area (TPSA) is 78.0 Å². The maximum atomic E-state index is 12.5. The van der Waals surface area contributed by atoms with Gasteiger partial charge in [-0.15, -0.1) is 0 Å². The summed E-state index contributed by atoms with van der Waals surface area (Å²) in [6, 6.07) is 8.28. The lowest BCUT2D eigenvalue weighted by atomic mass is 10.1. The van der Waals surface area contributed by atoms with E-state index in [-0.39, 0.29) is 12.0 Å². The van der Waals surface area contributed by atoms with Gasteiger partial charge in [0.1, 0.15) is 0 Å². The zero-order valence-electron chi connectivity index (χ0n) is 18.5. The average Bonchev–Trinajstić information content (AvgIpc) is 3.45. The molecule has 2 aliphatic rings. The van der Waals surface area contributed by atoms with Gasteiger partial charge in [0.05, 0.1) is 12.6 Å². The maximum Gasteiger partial charge on any atom is 0.251 e. The zero-order chi connectivity index (χ0) is 21.2. The van der Waals surface area contributed by atoms with Gasteiger partial charge < -0.3 is 20.7 Å². The van der Waals surface area contributed by atoms with Gasteiger partial charge in [-0.1, -0.05) is 19.1 Å². The molecular weight excluding hydrogens is 378 g/mol. The number of nitrogens with zero attached hydrogens (tertiary/aromatic N) is 2. The molecule has 0 bridgehead atoms. The number of carbonyl (C=O) groups is 1. The van der Waals surface area contributed by atoms with E-state index in [4.69, 9.17) is 9.73 Å². The summed E-state index contributed by atoms with van der Waals surface area (Å²) in [6.45, 7) is 10.2. The summed E-state index contributed by atoms with van der Waals surface area (Å²) in [6.07, 6.45) is 4.76. The van der Waals surface area contributed by atoms with E-state index in [9.17, 15) is 4.79 Å². The summed E-state index contributed by atoms with van der Waals surface area (Å²) >= 11 is 0. The second-order valence-electron chi connectivity index (χ2n) is 8.05. The number of aliphatic imine (C=N–C) groups is 1. The summed E-state index contributed by atoms with van der Waals surface area (Å²) in [5.74, 6) is 0.774. The van der Waals surface area contributed by atoms with E-state index in [1.807, 2.05) is 24.3 Å². The number of hydrogen-bond acceptors (Lipinski definition) is 4. The Hall–Kier alpha value is -2.12. The highest BCUT2D eigenvalue weighted by molar-refractivity contribution is 5.94. The first-order valence-electron chi connectivity index (χ1n) is 11.4. The van der Waals surface area contributed by atoms with Gasteiger partial charge in [0.25, 0.3) is 5.91 Å². The van der Waals surface area contributed by atoms with Crippen molar-refractivity contribution in [1.82, 2.24) is 20.9 Å². The fraction of sp³-hybridized carbons (Fsp3) is 0.652. The van der Waals surface area contributed by atoms with Crippen molar-refractivity contribution in [2.24, 2.45) is 4.99 Å². The van der Waals surface area contributed by atoms with Gasteiger partial charge in [0, 0.05) is 37.8 Å². The van der Waals surface area contributed by atoms with Crippen LogP contribution >= 0.6 is 0 Å². The van der Waals surface area contributed by atoms with E-state index in [2.05, 4.69) is 34.7 Å². The van der Waals surface area contributed by atoms with Crippen LogP contribution in [0.1, 0.15) is 55.5 Å². The first-order chi connectivity index (χ1) is 14.7. The molecule has 3 rings (SSSR count). The summed E-state index contributed by atoms with van der Waals surface area (Å²) < 4.78 is 5.57. The molecule has 2 fully saturated rings. The number of amides is 1. The molecule has 30 heavy (non-hydrogen) atoms. The zero-order valence-corrected chi connectivity index (χ0v) is 18.5. The van der Waals surface area contributed by atoms with Crippen molar-refractivity contribution in [3.05, 3.63) is 35.4 Å². The third-order valence-corrected chi connectivity index (χ3v) is 5.88. The average molecular weight is 416 g/mol. The summed E-state index contributed by atoms with van der Waals surface area (Å²) in [5.41, 5.74) is 1.69. The highest BCUT2D eigenvalue weighted by Crippen LogP contribution is 2.15. The highest BCUT2D eigenvalue weighted by Gasteiger charge is 2.22. The highest BCUT2D eigenvalue weighted by atomic mass is 16.5. The molecule has 0 aliphatic carbocycles. The molecule has 2 heterocycles. The van der Waals surface area contributed by atoms with Gasteiger partial charge in [0.15, 0.2) is 5.96 Å². The Balaban J connectivity index is 1.53. The van der Waals surface area contributed by atoms with Crippen LogP contribution in [-0.4, -0.2) is 68.2 Å². The first-order valence-corrected chi connectivity index (χ1v) is 11.4. The first kappa shape index (κ1) is 22.6. The minimum absolute atomic E-state index is 0.0535. The predicted molar refractivity (Wildman–Crippen MR) is 121 cm³/mol. The molecule has 1 aromatic rings. The number of ether oxygens (including phenoxy) is 1. The molecule has 0 aromatic heterocycles. The second-order valence-corrected chi connectivity index (χ2v) is 8.05. The standard InChI is InChI=1S/C23H37N5O2/c1-3-24-23(27-16-20-10-6-12-28(20)4-2)26-15-18-8-5-9-19(14-18)22(29)25-17-21-11-7-13-30-21/h5,8-9,14,20-21H,3-4,6-7,10-13,15-17H2,1-2H3,(H,25,29)(H2,24,26,27). The van der Waals surface area contributed by atoms with E-state index in [1.54, 1.807) is 0 Å². The monoisotopic (exact) mass is 415 g/mol. The van der Waals surface area contributed by atoms with Crippen molar-refractivity contribution in [2.75, 3.05) is 39.3 Å². The summed E-state index contributed by atoms with van der Waals surface area (Å²) in [4.78, 5) is 19.7. The van der Waals surface area contributed by atoms with Gasteiger partial charge in [-0.05, 0) is 63.4 Å². The Morgan fingerprint density at radius 2 is 2.07 bits per heavy atom. The van der Waals surface area contributed by atoms with E-state index < -0.39 is 0 Å². The van der Waals surface area contributed by atoms with E-state index in [0.717, 1.165) is 50.6 Å². The van der Waals surface area contributed by atoms with Crippen molar-refractivity contribution in [3.63, 3.8) is 0 Å². The molecule has 7 nitrogen and oxygen atoms in total. The maximum absolute atomic E-state index is 12.5. The Labute approximate surface area is 180 Å². The van der Waals surface area contributed by atoms with Gasteiger partial charge in [0.2, 0.25) is 0 Å². The fourth-order valence-corrected chi connectivity index (χ4v) is 4.19. The molecule has 2 saturated heterocycles. The van der Waals surface area contributed by atoms with Crippen molar-refractivity contribution >= 4 is 11.9 Å². The minimum Gasteiger partial charge on any atom is -0.376 e. The third kappa shape index (κ3) is 6.71. The van der Waals surface area contributed by atoms with Crippen LogP contribution in [0.2, 0.25) is 0 Å². The van der Waals surface area contributed by atoms with Crippen LogP contribution < -0.4 is 16.0 Å². The molecule has 1 aromatic carbocycles. The lowest BCUT2D eigenvalue weighted by Gasteiger charge is -2.24. The van der Waals surface area contributed by atoms with Gasteiger partial charge in [-0.3, -0.25) is 9.69 Å². The number of carbonyl (C=O) groups excluding carboxylic acids is 1. The molecule has 2 unspecified atom stereocenters. The lowest BCUT2D eigenvalue weighted by Crippen LogP contribution is -2.44. The Morgan fingerprint density at radius 3 is 2.83 bits per heavy atom. The number of likely N-dealkylation sites (tertiary alicyclic amines) is 1. The lowest BCUT2D eigenvalue weighted by molar-refractivity contribution is 0.0857. The molecule has 166 valence electrons. The number of likely N-dealkylation sites (N-methyl/N-ethyl adjacent to an activating group) is 1. The van der Waals surface area contributed by atoms with Crippen LogP contribution in [-0.2, 0) is 11.3 Å². The van der Waals surface area contributed by atoms with Crippen molar-refractivity contribution < 1.29 is 9.53 Å². The van der Waals surface area contributed by atoms with E-state index in [1.165, 1.54) is 19.4 Å². The van der Waals surface area contributed by atoms with Crippen molar-refractivity contribution in [3.8, 4) is 0 Å². The molecule has 0 spiro atoms. The van der Waals surface area contributed by atoms with Crippen LogP contribution in [0.4, 0.5) is 0 Å². The van der Waals surface area contributed by atoms with Crippen molar-refractivity contribution in [2.45, 2.75) is 58.2 Å². The van der Waals surface area contributed by atoms with E-state index >= 15 is 0 Å². The van der Waals surface area contributed by atoms with E-state index in [0.29, 0.717) is 24.7 Å². The quantitative estimate of drug-likeness (QED) is 0.425. The van der Waals surface area contributed by atoms with Crippen LogP contribution in [0.5, 0.6) is 0 Å². The third-order valence-electron chi connectivity index (χ3n) is 5.88. The van der Waals surface area contributed by atoms with Gasteiger partial charge in [-0.25, -0.2) is 4.99 Å². The summed E-state index contributed by atoms with van der Waals surface area (Å²) in [5, 5.41) is 9.80. The van der Waals surface area contributed by atoms with Crippen LogP contribution in [0.15, 0.2) is 29.3 Å². The van der Waals surface area contributed by atoms with Crippen LogP contribution in [0.25, 0.3) is 0 Å². The number of guanidine groups is 1. The largest absolute Gasteiger partial charge is 0.376 e. The molecule has 2 atom stereocenters. The number of hydrogen-bond donors (Lipinski definition) is 3.